The molecule has 5 heteroatoms. The van der Waals surface area contributed by atoms with Crippen molar-refractivity contribution in [1.82, 2.24) is 4.98 Å². The number of hydrogen-bond acceptors (Lipinski definition) is 5. The summed E-state index contributed by atoms with van der Waals surface area (Å²) in [6.07, 6.45) is 1.62. The van der Waals surface area contributed by atoms with Crippen LogP contribution in [0.2, 0.25) is 0 Å². The first kappa shape index (κ1) is 13.2. The first-order valence-corrected chi connectivity index (χ1v) is 6.50. The second-order valence-electron chi connectivity index (χ2n) is 4.66. The highest BCUT2D eigenvalue weighted by Crippen LogP contribution is 2.36. The summed E-state index contributed by atoms with van der Waals surface area (Å²) in [6, 6.07) is 12.7. The topological polar surface area (TPSA) is 85.1 Å². The molecule has 0 saturated heterocycles. The molecule has 0 aliphatic carbocycles. The molecule has 0 bridgehead atoms. The number of aromatic nitrogens is 1. The molecule has 5 nitrogen and oxygen atoms in total. The van der Waals surface area contributed by atoms with Crippen molar-refractivity contribution in [3.8, 4) is 17.7 Å². The number of nitriles is 1. The van der Waals surface area contributed by atoms with Crippen LogP contribution in [0, 0.1) is 11.3 Å². The van der Waals surface area contributed by atoms with Crippen molar-refractivity contribution in [2.75, 3.05) is 0 Å². The Balaban J connectivity index is 2.13. The van der Waals surface area contributed by atoms with Gasteiger partial charge in [-0.15, -0.1) is 0 Å². The first-order chi connectivity index (χ1) is 10.2. The summed E-state index contributed by atoms with van der Waals surface area (Å²) in [6.45, 7) is 1.85. The molecule has 1 aromatic carbocycles. The van der Waals surface area contributed by atoms with E-state index >= 15 is 0 Å². The van der Waals surface area contributed by atoms with E-state index in [1.165, 1.54) is 0 Å². The number of hydrogen-bond donors (Lipinski definition) is 1. The van der Waals surface area contributed by atoms with Crippen molar-refractivity contribution < 1.29 is 9.15 Å². The fourth-order valence-electron chi connectivity index (χ4n) is 2.13. The SMILES string of the molecule is C[C@H](N)c1cccnc1Oc1c(C#N)oc2ccccc12. The van der Waals surface area contributed by atoms with Gasteiger partial charge in [0, 0.05) is 17.8 Å². The van der Waals surface area contributed by atoms with E-state index in [-0.39, 0.29) is 11.8 Å². The van der Waals surface area contributed by atoms with E-state index < -0.39 is 0 Å². The van der Waals surface area contributed by atoms with Gasteiger partial charge in [0.25, 0.3) is 0 Å². The van der Waals surface area contributed by atoms with Crippen molar-refractivity contribution in [1.29, 1.82) is 5.26 Å². The minimum atomic E-state index is -0.225. The van der Waals surface area contributed by atoms with E-state index in [9.17, 15) is 5.26 Å². The highest BCUT2D eigenvalue weighted by atomic mass is 16.5. The van der Waals surface area contributed by atoms with Gasteiger partial charge in [0.15, 0.2) is 5.75 Å². The lowest BCUT2D eigenvalue weighted by molar-refractivity contribution is 0.441. The molecule has 104 valence electrons. The van der Waals surface area contributed by atoms with Gasteiger partial charge < -0.3 is 14.9 Å². The average Bonchev–Trinajstić information content (AvgIpc) is 2.86. The van der Waals surface area contributed by atoms with Gasteiger partial charge in [0.2, 0.25) is 11.6 Å². The van der Waals surface area contributed by atoms with Crippen molar-refractivity contribution in [3.63, 3.8) is 0 Å². The number of benzene rings is 1. The Morgan fingerprint density at radius 1 is 1.29 bits per heavy atom. The molecule has 0 aliphatic heterocycles. The molecule has 0 unspecified atom stereocenters. The highest BCUT2D eigenvalue weighted by Gasteiger charge is 2.18. The van der Waals surface area contributed by atoms with Gasteiger partial charge in [-0.05, 0) is 25.1 Å². The van der Waals surface area contributed by atoms with Crippen molar-refractivity contribution in [3.05, 3.63) is 53.9 Å². The summed E-state index contributed by atoms with van der Waals surface area (Å²) in [5.41, 5.74) is 7.29. The van der Waals surface area contributed by atoms with E-state index in [0.29, 0.717) is 17.2 Å². The third kappa shape index (κ3) is 2.33. The lowest BCUT2D eigenvalue weighted by Gasteiger charge is -2.11. The van der Waals surface area contributed by atoms with E-state index in [1.807, 2.05) is 37.3 Å². The van der Waals surface area contributed by atoms with Crippen LogP contribution in [0.1, 0.15) is 24.3 Å². The van der Waals surface area contributed by atoms with Crippen molar-refractivity contribution in [2.45, 2.75) is 13.0 Å². The number of pyridine rings is 1. The van der Waals surface area contributed by atoms with Crippen LogP contribution in [0.25, 0.3) is 11.0 Å². The van der Waals surface area contributed by atoms with E-state index in [0.717, 1.165) is 10.9 Å². The monoisotopic (exact) mass is 279 g/mol. The summed E-state index contributed by atoms with van der Waals surface area (Å²) < 4.78 is 11.3. The molecule has 0 amide bonds. The van der Waals surface area contributed by atoms with Crippen LogP contribution < -0.4 is 10.5 Å². The lowest BCUT2D eigenvalue weighted by atomic mass is 10.1. The van der Waals surface area contributed by atoms with Gasteiger partial charge in [0.05, 0.1) is 5.39 Å². The lowest BCUT2D eigenvalue weighted by Crippen LogP contribution is -2.07. The van der Waals surface area contributed by atoms with Crippen LogP contribution in [-0.2, 0) is 0 Å². The summed E-state index contributed by atoms with van der Waals surface area (Å²) in [5.74, 6) is 0.877. The van der Waals surface area contributed by atoms with Crippen LogP contribution >= 0.6 is 0 Å². The van der Waals surface area contributed by atoms with Crippen LogP contribution in [-0.4, -0.2) is 4.98 Å². The smallest absolute Gasteiger partial charge is 0.247 e. The fourth-order valence-corrected chi connectivity index (χ4v) is 2.13. The Labute approximate surface area is 121 Å². The quantitative estimate of drug-likeness (QED) is 0.792. The predicted molar refractivity (Wildman–Crippen MR) is 77.8 cm³/mol. The molecule has 0 saturated carbocycles. The molecule has 21 heavy (non-hydrogen) atoms. The maximum atomic E-state index is 9.21. The molecular weight excluding hydrogens is 266 g/mol. The predicted octanol–water partition coefficient (Wildman–Crippen LogP) is 3.51. The van der Waals surface area contributed by atoms with Gasteiger partial charge >= 0.3 is 0 Å². The Morgan fingerprint density at radius 2 is 2.10 bits per heavy atom. The Hall–Kier alpha value is -2.84. The van der Waals surface area contributed by atoms with Crippen molar-refractivity contribution in [2.24, 2.45) is 5.73 Å². The standard InChI is InChI=1S/C16H13N3O2/c1-10(18)11-6-4-8-19-16(11)21-15-12-5-2-3-7-13(12)20-14(15)9-17/h2-8,10H,18H2,1H3/t10-/m0/s1. The summed E-state index contributed by atoms with van der Waals surface area (Å²) in [5, 5.41) is 9.94. The number of fused-ring (bicyclic) bond motifs is 1. The van der Waals surface area contributed by atoms with Gasteiger partial charge in [0.1, 0.15) is 11.7 Å². The number of rotatable bonds is 3. The van der Waals surface area contributed by atoms with Gasteiger partial charge in [-0.25, -0.2) is 4.98 Å². The largest absolute Gasteiger partial charge is 0.442 e. The molecule has 0 spiro atoms. The molecule has 2 aromatic heterocycles. The minimum absolute atomic E-state index is 0.123. The molecule has 2 heterocycles. The van der Waals surface area contributed by atoms with Crippen LogP contribution in [0.3, 0.4) is 0 Å². The van der Waals surface area contributed by atoms with Gasteiger partial charge in [-0.2, -0.15) is 5.26 Å². The fraction of sp³-hybridized carbons (Fsp3) is 0.125. The summed E-state index contributed by atoms with van der Waals surface area (Å²) in [4.78, 5) is 4.20. The summed E-state index contributed by atoms with van der Waals surface area (Å²) >= 11 is 0. The van der Waals surface area contributed by atoms with Gasteiger partial charge in [-0.3, -0.25) is 0 Å². The highest BCUT2D eigenvalue weighted by molar-refractivity contribution is 5.86. The maximum Gasteiger partial charge on any atom is 0.247 e. The molecule has 1 atom stereocenters. The van der Waals surface area contributed by atoms with E-state index in [2.05, 4.69) is 4.98 Å². The molecule has 0 radical (unpaired) electrons. The Morgan fingerprint density at radius 3 is 2.86 bits per heavy atom. The number of para-hydroxylation sites is 1. The van der Waals surface area contributed by atoms with E-state index in [1.54, 1.807) is 18.3 Å². The first-order valence-electron chi connectivity index (χ1n) is 6.50. The number of ether oxygens (including phenoxy) is 1. The van der Waals surface area contributed by atoms with Crippen molar-refractivity contribution >= 4 is 11.0 Å². The second-order valence-corrected chi connectivity index (χ2v) is 4.66. The summed E-state index contributed by atoms with van der Waals surface area (Å²) in [7, 11) is 0. The molecule has 3 rings (SSSR count). The Bertz CT molecular complexity index is 831. The maximum absolute atomic E-state index is 9.21. The molecule has 0 aliphatic rings. The zero-order valence-corrected chi connectivity index (χ0v) is 11.4. The number of furan rings is 1. The number of nitrogens with two attached hydrogens (primary N) is 1. The van der Waals surface area contributed by atoms with E-state index in [4.69, 9.17) is 14.9 Å². The minimum Gasteiger partial charge on any atom is -0.442 e. The Kier molecular flexibility index (Phi) is 3.30. The number of nitrogens with zero attached hydrogens (tertiary/aromatic N) is 2. The van der Waals surface area contributed by atoms with Crippen LogP contribution in [0.15, 0.2) is 47.0 Å². The third-order valence-corrected chi connectivity index (χ3v) is 3.14. The molecule has 3 aromatic rings. The second kappa shape index (κ2) is 5.27. The zero-order valence-electron chi connectivity index (χ0n) is 11.4. The zero-order chi connectivity index (χ0) is 14.8. The third-order valence-electron chi connectivity index (χ3n) is 3.14. The van der Waals surface area contributed by atoms with Crippen LogP contribution in [0.5, 0.6) is 11.6 Å². The van der Waals surface area contributed by atoms with Gasteiger partial charge in [-0.1, -0.05) is 18.2 Å². The molecule has 0 fully saturated rings. The molecular formula is C16H13N3O2. The molecule has 2 N–H and O–H groups in total. The van der Waals surface area contributed by atoms with Crippen LogP contribution in [0.4, 0.5) is 0 Å². The normalized spacial score (nSPS) is 12.0. The average molecular weight is 279 g/mol.